The van der Waals surface area contributed by atoms with Crippen LogP contribution in [0.1, 0.15) is 53.5 Å². The maximum absolute atomic E-state index is 13.2. The molecule has 1 saturated heterocycles. The van der Waals surface area contributed by atoms with E-state index >= 15 is 0 Å². The maximum atomic E-state index is 13.2. The van der Waals surface area contributed by atoms with Gasteiger partial charge in [0.15, 0.2) is 11.7 Å². The van der Waals surface area contributed by atoms with Crippen molar-refractivity contribution < 1.29 is 33.4 Å². The van der Waals surface area contributed by atoms with E-state index in [0.29, 0.717) is 0 Å². The minimum Gasteiger partial charge on any atom is -0.464 e. The molecule has 0 bridgehead atoms. The Morgan fingerprint density at radius 1 is 1.15 bits per heavy atom. The van der Waals surface area contributed by atoms with Gasteiger partial charge in [0.05, 0.1) is 6.61 Å². The smallest absolute Gasteiger partial charge is 0.410 e. The van der Waals surface area contributed by atoms with Gasteiger partial charge in [-0.3, -0.25) is 14.4 Å². The summed E-state index contributed by atoms with van der Waals surface area (Å²) in [5, 5.41) is 2.46. The molecule has 186 valence electrons. The summed E-state index contributed by atoms with van der Waals surface area (Å²) in [6.45, 7) is 10.0. The van der Waals surface area contributed by atoms with Gasteiger partial charge in [0, 0.05) is 13.1 Å². The average Bonchev–Trinajstić information content (AvgIpc) is 3.01. The number of hydrogen-bond acceptors (Lipinski definition) is 7. The number of ketones is 2. The number of carbonyl (C=O) groups excluding carboxylic acids is 5. The minimum absolute atomic E-state index is 0.000761. The fourth-order valence-corrected chi connectivity index (χ4v) is 3.94. The van der Waals surface area contributed by atoms with E-state index in [1.165, 1.54) is 4.90 Å². The van der Waals surface area contributed by atoms with Crippen LogP contribution in [0.5, 0.6) is 0 Å². The second kappa shape index (κ2) is 10.8. The molecular weight excluding hydrogens is 440 g/mol. The Labute approximate surface area is 200 Å². The number of ether oxygens (including phenoxy) is 2. The molecule has 0 radical (unpaired) electrons. The number of nitrogens with zero attached hydrogens (tertiary/aromatic N) is 1. The number of benzene rings is 1. The highest BCUT2D eigenvalue weighted by atomic mass is 16.6. The normalized spacial score (nSPS) is 20.9. The third-order valence-corrected chi connectivity index (χ3v) is 5.68. The third kappa shape index (κ3) is 6.01. The summed E-state index contributed by atoms with van der Waals surface area (Å²) in [4.78, 5) is 64.9. The molecule has 9 heteroatoms. The van der Waals surface area contributed by atoms with E-state index in [9.17, 15) is 24.0 Å². The zero-order chi connectivity index (χ0) is 25.7. The average molecular weight is 475 g/mol. The van der Waals surface area contributed by atoms with Crippen LogP contribution < -0.4 is 5.32 Å². The first kappa shape index (κ1) is 27.0. The third-order valence-electron chi connectivity index (χ3n) is 5.68. The fraction of sp³-hybridized carbons (Fsp3) is 0.560. The molecule has 34 heavy (non-hydrogen) atoms. The number of Topliss-reactive ketones (excluding diaryl/α,β-unsaturated/α-hetero) is 2. The number of nitrogens with one attached hydrogen (secondary N) is 1. The van der Waals surface area contributed by atoms with Crippen molar-refractivity contribution in [1.82, 2.24) is 10.2 Å². The molecule has 0 saturated carbocycles. The standard InChI is InChI=1S/C25H34N2O7/c1-7-33-22(31)25(20(29)19(17(3)28)21(30)26-25)16(2)13-14-27(23(32)34-24(4,5)6)15-18-11-9-8-10-12-18/h8-12,16,19H,7,13-15H2,1-6H3,(H,26,30)/t16-,19?,25?/m0/s1. The van der Waals surface area contributed by atoms with Crippen LogP contribution >= 0.6 is 0 Å². The quantitative estimate of drug-likeness (QED) is 0.432. The van der Waals surface area contributed by atoms with Gasteiger partial charge in [0.2, 0.25) is 11.4 Å². The number of esters is 1. The van der Waals surface area contributed by atoms with Crippen molar-refractivity contribution in [2.75, 3.05) is 13.2 Å². The van der Waals surface area contributed by atoms with Gasteiger partial charge >= 0.3 is 12.1 Å². The summed E-state index contributed by atoms with van der Waals surface area (Å²) in [6.07, 6.45) is -0.376. The lowest BCUT2D eigenvalue weighted by molar-refractivity contribution is -0.157. The molecule has 2 amide bonds. The Morgan fingerprint density at radius 2 is 1.76 bits per heavy atom. The van der Waals surface area contributed by atoms with Crippen LogP contribution in [0.25, 0.3) is 0 Å². The molecule has 2 unspecified atom stereocenters. The lowest BCUT2D eigenvalue weighted by atomic mass is 9.78. The van der Waals surface area contributed by atoms with Crippen LogP contribution in [0.4, 0.5) is 4.79 Å². The zero-order valence-corrected chi connectivity index (χ0v) is 20.7. The van der Waals surface area contributed by atoms with Crippen molar-refractivity contribution in [3.8, 4) is 0 Å². The summed E-state index contributed by atoms with van der Waals surface area (Å²) < 4.78 is 10.7. The highest BCUT2D eigenvalue weighted by molar-refractivity contribution is 6.31. The Morgan fingerprint density at radius 3 is 2.26 bits per heavy atom. The molecule has 9 nitrogen and oxygen atoms in total. The first-order valence-corrected chi connectivity index (χ1v) is 11.4. The molecule has 3 atom stereocenters. The van der Waals surface area contributed by atoms with E-state index in [1.807, 2.05) is 30.3 Å². The van der Waals surface area contributed by atoms with Crippen molar-refractivity contribution >= 4 is 29.5 Å². The topological polar surface area (TPSA) is 119 Å². The highest BCUT2D eigenvalue weighted by Gasteiger charge is 2.62. The molecule has 1 aliphatic heterocycles. The van der Waals surface area contributed by atoms with Crippen molar-refractivity contribution in [2.45, 2.75) is 65.6 Å². The molecule has 0 spiro atoms. The predicted molar refractivity (Wildman–Crippen MR) is 124 cm³/mol. The van der Waals surface area contributed by atoms with Crippen LogP contribution in [0, 0.1) is 11.8 Å². The second-order valence-electron chi connectivity index (χ2n) is 9.50. The summed E-state index contributed by atoms with van der Waals surface area (Å²) in [7, 11) is 0. The van der Waals surface area contributed by atoms with Crippen molar-refractivity contribution in [1.29, 1.82) is 0 Å². The van der Waals surface area contributed by atoms with Gasteiger partial charge in [-0.15, -0.1) is 0 Å². The van der Waals surface area contributed by atoms with Gasteiger partial charge in [-0.1, -0.05) is 37.3 Å². The molecule has 0 aromatic heterocycles. The van der Waals surface area contributed by atoms with E-state index in [2.05, 4.69) is 5.32 Å². The second-order valence-corrected chi connectivity index (χ2v) is 9.50. The Hall–Kier alpha value is -3.23. The molecule has 1 aliphatic rings. The van der Waals surface area contributed by atoms with Crippen LogP contribution in [0.2, 0.25) is 0 Å². The molecule has 1 aromatic rings. The minimum atomic E-state index is -1.99. The lowest BCUT2D eigenvalue weighted by Gasteiger charge is -2.33. The van der Waals surface area contributed by atoms with Crippen LogP contribution in [0.3, 0.4) is 0 Å². The highest BCUT2D eigenvalue weighted by Crippen LogP contribution is 2.33. The molecular formula is C25H34N2O7. The first-order valence-electron chi connectivity index (χ1n) is 11.4. The SMILES string of the molecule is CCOC(=O)C1([C@@H](C)CCN(Cc2ccccc2)C(=O)OC(C)(C)C)NC(=O)C(C(C)=O)C1=O. The summed E-state index contributed by atoms with van der Waals surface area (Å²) in [5.41, 5.74) is -1.83. The lowest BCUT2D eigenvalue weighted by Crippen LogP contribution is -2.59. The van der Waals surface area contributed by atoms with Gasteiger partial charge in [-0.2, -0.15) is 0 Å². The zero-order valence-electron chi connectivity index (χ0n) is 20.7. The van der Waals surface area contributed by atoms with Crippen LogP contribution in [0.15, 0.2) is 30.3 Å². The van der Waals surface area contributed by atoms with Crippen molar-refractivity contribution in [3.63, 3.8) is 0 Å². The fourth-order valence-electron chi connectivity index (χ4n) is 3.94. The van der Waals surface area contributed by atoms with E-state index in [4.69, 9.17) is 9.47 Å². The molecule has 1 heterocycles. The predicted octanol–water partition coefficient (Wildman–Crippen LogP) is 2.66. The first-order chi connectivity index (χ1) is 15.8. The largest absolute Gasteiger partial charge is 0.464 e. The molecule has 1 aromatic carbocycles. The number of rotatable bonds is 9. The summed E-state index contributed by atoms with van der Waals surface area (Å²) in [6, 6.07) is 9.33. The van der Waals surface area contributed by atoms with Gasteiger partial charge < -0.3 is 19.7 Å². The molecule has 0 aliphatic carbocycles. The van der Waals surface area contributed by atoms with E-state index in [1.54, 1.807) is 34.6 Å². The summed E-state index contributed by atoms with van der Waals surface area (Å²) in [5.74, 6) is -5.49. The van der Waals surface area contributed by atoms with Gasteiger partial charge in [0.1, 0.15) is 11.4 Å². The Bertz CT molecular complexity index is 938. The van der Waals surface area contributed by atoms with Crippen LogP contribution in [-0.2, 0) is 35.2 Å². The molecule has 1 N–H and O–H groups in total. The van der Waals surface area contributed by atoms with Gasteiger partial charge in [-0.05, 0) is 52.5 Å². The summed E-state index contributed by atoms with van der Waals surface area (Å²) >= 11 is 0. The van der Waals surface area contributed by atoms with Gasteiger partial charge in [-0.25, -0.2) is 9.59 Å². The van der Waals surface area contributed by atoms with Crippen molar-refractivity contribution in [3.05, 3.63) is 35.9 Å². The van der Waals surface area contributed by atoms with Crippen molar-refractivity contribution in [2.24, 2.45) is 11.8 Å². The van der Waals surface area contributed by atoms with Crippen LogP contribution in [-0.4, -0.2) is 58.7 Å². The molecule has 2 rings (SSSR count). The Balaban J connectivity index is 2.31. The number of amides is 2. The molecule has 1 fully saturated rings. The Kier molecular flexibility index (Phi) is 8.58. The van der Waals surface area contributed by atoms with E-state index in [-0.39, 0.29) is 26.1 Å². The number of carbonyl (C=O) groups is 5. The maximum Gasteiger partial charge on any atom is 0.410 e. The monoisotopic (exact) mass is 474 g/mol. The van der Waals surface area contributed by atoms with E-state index in [0.717, 1.165) is 12.5 Å². The number of hydrogen-bond donors (Lipinski definition) is 1. The van der Waals surface area contributed by atoms with E-state index < -0.39 is 52.5 Å². The van der Waals surface area contributed by atoms with Gasteiger partial charge in [0.25, 0.3) is 0 Å².